The highest BCUT2D eigenvalue weighted by molar-refractivity contribution is 5.77. The Morgan fingerprint density at radius 2 is 1.92 bits per heavy atom. The third-order valence-electron chi connectivity index (χ3n) is 3.72. The molecule has 0 saturated carbocycles. The van der Waals surface area contributed by atoms with Crippen molar-refractivity contribution in [1.82, 2.24) is 5.32 Å². The zero-order chi connectivity index (χ0) is 17.5. The van der Waals surface area contributed by atoms with Crippen molar-refractivity contribution in [3.8, 4) is 0 Å². The predicted molar refractivity (Wildman–Crippen MR) is 90.5 cm³/mol. The number of carbonyl (C=O) groups is 1. The molecule has 126 valence electrons. The molecule has 0 heterocycles. The van der Waals surface area contributed by atoms with Gasteiger partial charge in [0.1, 0.15) is 6.04 Å². The van der Waals surface area contributed by atoms with Crippen LogP contribution in [-0.2, 0) is 16.1 Å². The second-order valence-corrected chi connectivity index (χ2v) is 5.31. The van der Waals surface area contributed by atoms with Crippen molar-refractivity contribution in [1.29, 1.82) is 0 Å². The summed E-state index contributed by atoms with van der Waals surface area (Å²) in [7, 11) is 0. The molecule has 1 atom stereocenters. The van der Waals surface area contributed by atoms with E-state index >= 15 is 0 Å². The lowest BCUT2D eigenvalue weighted by Gasteiger charge is -2.18. The maximum absolute atomic E-state index is 12.3. The highest BCUT2D eigenvalue weighted by Gasteiger charge is 2.23. The van der Waals surface area contributed by atoms with Gasteiger partial charge in [0.15, 0.2) is 0 Å². The molecule has 2 aromatic rings. The van der Waals surface area contributed by atoms with Gasteiger partial charge in [0.05, 0.1) is 11.5 Å². The molecule has 0 aliphatic rings. The highest BCUT2D eigenvalue weighted by Crippen LogP contribution is 2.23. The van der Waals surface area contributed by atoms with E-state index in [1.807, 2.05) is 43.3 Å². The first kappa shape index (κ1) is 17.6. The molecule has 6 nitrogen and oxygen atoms in total. The van der Waals surface area contributed by atoms with Gasteiger partial charge in [-0.1, -0.05) is 42.5 Å². The smallest absolute Gasteiger partial charge is 0.327 e. The number of nitro groups is 1. The number of nitro benzene ring substituents is 1. The van der Waals surface area contributed by atoms with E-state index in [2.05, 4.69) is 5.32 Å². The van der Waals surface area contributed by atoms with Crippen LogP contribution in [0, 0.1) is 17.0 Å². The minimum atomic E-state index is -0.676. The summed E-state index contributed by atoms with van der Waals surface area (Å²) in [4.78, 5) is 23.1. The van der Waals surface area contributed by atoms with Gasteiger partial charge in [-0.25, -0.2) is 4.79 Å². The zero-order valence-electron chi connectivity index (χ0n) is 13.7. The molecule has 0 unspecified atom stereocenters. The second kappa shape index (κ2) is 8.21. The minimum absolute atomic E-state index is 0.0400. The van der Waals surface area contributed by atoms with Crippen molar-refractivity contribution in [2.45, 2.75) is 26.4 Å². The molecule has 0 aromatic heterocycles. The van der Waals surface area contributed by atoms with Crippen LogP contribution in [0.15, 0.2) is 48.5 Å². The van der Waals surface area contributed by atoms with Crippen LogP contribution >= 0.6 is 0 Å². The van der Waals surface area contributed by atoms with Crippen molar-refractivity contribution in [2.24, 2.45) is 0 Å². The maximum atomic E-state index is 12.3. The fraction of sp³-hybridized carbons (Fsp3) is 0.278. The monoisotopic (exact) mass is 328 g/mol. The van der Waals surface area contributed by atoms with Crippen LogP contribution < -0.4 is 5.32 Å². The van der Waals surface area contributed by atoms with Crippen molar-refractivity contribution < 1.29 is 14.5 Å². The van der Waals surface area contributed by atoms with Crippen LogP contribution in [0.4, 0.5) is 5.69 Å². The van der Waals surface area contributed by atoms with E-state index in [0.29, 0.717) is 5.56 Å². The topological polar surface area (TPSA) is 81.5 Å². The SMILES string of the molecule is CCOC(=O)[C@H](NCc1c(C)cccc1[N+](=O)[O-])c1ccccc1. The highest BCUT2D eigenvalue weighted by atomic mass is 16.6. The molecule has 2 rings (SSSR count). The number of rotatable bonds is 7. The number of carbonyl (C=O) groups excluding carboxylic acids is 1. The van der Waals surface area contributed by atoms with Crippen LogP contribution in [-0.4, -0.2) is 17.5 Å². The molecular formula is C18H20N2O4. The summed E-state index contributed by atoms with van der Waals surface area (Å²) in [6.07, 6.45) is 0. The first-order valence-electron chi connectivity index (χ1n) is 7.72. The summed E-state index contributed by atoms with van der Waals surface area (Å²) in [5, 5.41) is 14.3. The zero-order valence-corrected chi connectivity index (χ0v) is 13.7. The Bertz CT molecular complexity index is 716. The molecule has 0 spiro atoms. The summed E-state index contributed by atoms with van der Waals surface area (Å²) in [6.45, 7) is 4.02. The standard InChI is InChI=1S/C18H20N2O4/c1-3-24-18(21)17(14-9-5-4-6-10-14)19-12-15-13(2)8-7-11-16(15)20(22)23/h4-11,17,19H,3,12H2,1-2H3/t17-/m1/s1. The molecule has 0 amide bonds. The lowest BCUT2D eigenvalue weighted by molar-refractivity contribution is -0.385. The van der Waals surface area contributed by atoms with Crippen LogP contribution in [0.3, 0.4) is 0 Å². The Labute approximate surface area is 140 Å². The minimum Gasteiger partial charge on any atom is -0.465 e. The van der Waals surface area contributed by atoms with Crippen molar-refractivity contribution >= 4 is 11.7 Å². The third-order valence-corrected chi connectivity index (χ3v) is 3.72. The van der Waals surface area contributed by atoms with Gasteiger partial charge in [-0.3, -0.25) is 15.4 Å². The summed E-state index contributed by atoms with van der Waals surface area (Å²) < 4.78 is 5.12. The summed E-state index contributed by atoms with van der Waals surface area (Å²) in [5.74, 6) is -0.403. The van der Waals surface area contributed by atoms with Crippen molar-refractivity contribution in [3.05, 3.63) is 75.3 Å². The average molecular weight is 328 g/mol. The Morgan fingerprint density at radius 3 is 2.54 bits per heavy atom. The number of nitrogens with one attached hydrogen (secondary N) is 1. The summed E-state index contributed by atoms with van der Waals surface area (Å²) in [5.41, 5.74) is 2.16. The quantitative estimate of drug-likeness (QED) is 0.479. The van der Waals surface area contributed by atoms with E-state index in [1.54, 1.807) is 13.0 Å². The number of aryl methyl sites for hydroxylation is 1. The molecular weight excluding hydrogens is 308 g/mol. The lowest BCUT2D eigenvalue weighted by Crippen LogP contribution is -2.30. The largest absolute Gasteiger partial charge is 0.465 e. The predicted octanol–water partition coefficient (Wildman–Crippen LogP) is 3.30. The van der Waals surface area contributed by atoms with Gasteiger partial charge in [0.2, 0.25) is 0 Å². The molecule has 0 aliphatic carbocycles. The molecule has 2 aromatic carbocycles. The van der Waals surface area contributed by atoms with E-state index in [4.69, 9.17) is 4.74 Å². The van der Waals surface area contributed by atoms with E-state index in [9.17, 15) is 14.9 Å². The number of ether oxygens (including phenoxy) is 1. The van der Waals surface area contributed by atoms with Gasteiger partial charge >= 0.3 is 5.97 Å². The van der Waals surface area contributed by atoms with E-state index in [0.717, 1.165) is 11.1 Å². The number of nitrogens with zero attached hydrogens (tertiary/aromatic N) is 1. The summed E-state index contributed by atoms with van der Waals surface area (Å²) >= 11 is 0. The molecule has 0 radical (unpaired) electrons. The molecule has 6 heteroatoms. The van der Waals surface area contributed by atoms with Crippen LogP contribution in [0.25, 0.3) is 0 Å². The van der Waals surface area contributed by atoms with Gasteiger partial charge in [0, 0.05) is 18.2 Å². The number of esters is 1. The fourth-order valence-corrected chi connectivity index (χ4v) is 2.50. The molecule has 0 saturated heterocycles. The van der Waals surface area contributed by atoms with Gasteiger partial charge < -0.3 is 4.74 Å². The number of hydrogen-bond acceptors (Lipinski definition) is 5. The number of hydrogen-bond donors (Lipinski definition) is 1. The van der Waals surface area contributed by atoms with Gasteiger partial charge in [0.25, 0.3) is 5.69 Å². The Hall–Kier alpha value is -2.73. The maximum Gasteiger partial charge on any atom is 0.327 e. The molecule has 0 bridgehead atoms. The van der Waals surface area contributed by atoms with Gasteiger partial charge in [-0.05, 0) is 25.0 Å². The fourth-order valence-electron chi connectivity index (χ4n) is 2.50. The molecule has 0 fully saturated rings. The molecule has 24 heavy (non-hydrogen) atoms. The first-order valence-corrected chi connectivity index (χ1v) is 7.72. The first-order chi connectivity index (χ1) is 11.5. The lowest BCUT2D eigenvalue weighted by atomic mass is 10.0. The Kier molecular flexibility index (Phi) is 6.03. The Balaban J connectivity index is 2.26. The Morgan fingerprint density at radius 1 is 1.21 bits per heavy atom. The second-order valence-electron chi connectivity index (χ2n) is 5.31. The van der Waals surface area contributed by atoms with Gasteiger partial charge in [-0.2, -0.15) is 0 Å². The van der Waals surface area contributed by atoms with Crippen molar-refractivity contribution in [2.75, 3.05) is 6.61 Å². The number of benzene rings is 2. The van der Waals surface area contributed by atoms with Crippen LogP contribution in [0.2, 0.25) is 0 Å². The van der Waals surface area contributed by atoms with Gasteiger partial charge in [-0.15, -0.1) is 0 Å². The van der Waals surface area contributed by atoms with Crippen LogP contribution in [0.1, 0.15) is 29.7 Å². The van der Waals surface area contributed by atoms with Crippen LogP contribution in [0.5, 0.6) is 0 Å². The van der Waals surface area contributed by atoms with Crippen molar-refractivity contribution in [3.63, 3.8) is 0 Å². The molecule has 0 aliphatic heterocycles. The summed E-state index contributed by atoms with van der Waals surface area (Å²) in [6, 6.07) is 13.4. The molecule has 1 N–H and O–H groups in total. The average Bonchev–Trinajstić information content (AvgIpc) is 2.57. The van der Waals surface area contributed by atoms with E-state index in [-0.39, 0.29) is 18.8 Å². The van der Waals surface area contributed by atoms with E-state index in [1.165, 1.54) is 6.07 Å². The third kappa shape index (κ3) is 4.17. The normalized spacial score (nSPS) is 11.8. The van der Waals surface area contributed by atoms with E-state index < -0.39 is 16.9 Å².